The van der Waals surface area contributed by atoms with Gasteiger partial charge in [0, 0.05) is 6.42 Å². The summed E-state index contributed by atoms with van der Waals surface area (Å²) in [5, 5.41) is 11.6. The number of hydrogen-bond donors (Lipinski definition) is 2. The van der Waals surface area contributed by atoms with E-state index in [9.17, 15) is 9.59 Å². The topological polar surface area (TPSA) is 75.6 Å². The number of hydrogen-bond acceptors (Lipinski definition) is 3. The molecule has 0 aliphatic carbocycles. The van der Waals surface area contributed by atoms with Crippen LogP contribution in [0.4, 0.5) is 0 Å². The average molecular weight is 355 g/mol. The van der Waals surface area contributed by atoms with Crippen LogP contribution in [0.15, 0.2) is 54.6 Å². The van der Waals surface area contributed by atoms with Crippen molar-refractivity contribution in [3.05, 3.63) is 65.7 Å². The van der Waals surface area contributed by atoms with Crippen LogP contribution >= 0.6 is 0 Å². The number of benzene rings is 2. The Morgan fingerprint density at radius 1 is 1.08 bits per heavy atom. The normalized spacial score (nSPS) is 12.3. The van der Waals surface area contributed by atoms with Crippen LogP contribution < -0.4 is 10.1 Å². The monoisotopic (exact) mass is 355 g/mol. The van der Waals surface area contributed by atoms with Gasteiger partial charge in [0.05, 0.1) is 6.04 Å². The lowest BCUT2D eigenvalue weighted by Crippen LogP contribution is -2.32. The molecule has 1 amide bonds. The number of ether oxygens (including phenoxy) is 1. The van der Waals surface area contributed by atoms with Gasteiger partial charge in [-0.1, -0.05) is 56.3 Å². The van der Waals surface area contributed by atoms with Crippen LogP contribution in [0.2, 0.25) is 0 Å². The van der Waals surface area contributed by atoms with Gasteiger partial charge in [-0.3, -0.25) is 4.79 Å². The van der Waals surface area contributed by atoms with Crippen molar-refractivity contribution in [2.75, 3.05) is 6.61 Å². The lowest BCUT2D eigenvalue weighted by molar-refractivity contribution is -0.139. The molecule has 5 nitrogen and oxygen atoms in total. The minimum Gasteiger partial charge on any atom is -0.482 e. The molecule has 0 bridgehead atoms. The summed E-state index contributed by atoms with van der Waals surface area (Å²) in [5.74, 6) is -0.548. The standard InChI is InChI=1S/C21H25NO4/c1-15(16-9-11-18(12-10-16)26-14-20(24)25)22-19(23)13-21(2,3)17-7-5-4-6-8-17/h4-12,15H,13-14H2,1-3H3,(H,22,23)(H,24,25). The van der Waals surface area contributed by atoms with E-state index in [1.54, 1.807) is 12.1 Å². The zero-order valence-electron chi connectivity index (χ0n) is 15.4. The van der Waals surface area contributed by atoms with E-state index in [-0.39, 0.29) is 24.0 Å². The molecule has 0 saturated carbocycles. The van der Waals surface area contributed by atoms with Crippen LogP contribution in [0.5, 0.6) is 5.75 Å². The molecule has 26 heavy (non-hydrogen) atoms. The maximum Gasteiger partial charge on any atom is 0.341 e. The first kappa shape index (κ1) is 19.5. The summed E-state index contributed by atoms with van der Waals surface area (Å²) < 4.78 is 5.11. The molecule has 0 heterocycles. The smallest absolute Gasteiger partial charge is 0.341 e. The van der Waals surface area contributed by atoms with Crippen LogP contribution in [0.3, 0.4) is 0 Å². The lowest BCUT2D eigenvalue weighted by Gasteiger charge is -2.25. The van der Waals surface area contributed by atoms with E-state index in [0.29, 0.717) is 12.2 Å². The number of rotatable bonds is 8. The van der Waals surface area contributed by atoms with Gasteiger partial charge in [0.2, 0.25) is 5.91 Å². The van der Waals surface area contributed by atoms with Crippen molar-refractivity contribution in [1.82, 2.24) is 5.32 Å². The number of amides is 1. The maximum absolute atomic E-state index is 12.5. The van der Waals surface area contributed by atoms with Crippen molar-refractivity contribution in [3.63, 3.8) is 0 Å². The highest BCUT2D eigenvalue weighted by Crippen LogP contribution is 2.27. The molecule has 2 N–H and O–H groups in total. The highest BCUT2D eigenvalue weighted by molar-refractivity contribution is 5.78. The number of carbonyl (C=O) groups excluding carboxylic acids is 1. The molecule has 2 aromatic carbocycles. The molecule has 1 unspecified atom stereocenters. The Balaban J connectivity index is 1.93. The second kappa shape index (κ2) is 8.52. The number of carboxylic acids is 1. The van der Waals surface area contributed by atoms with E-state index in [0.717, 1.165) is 11.1 Å². The van der Waals surface area contributed by atoms with E-state index in [4.69, 9.17) is 9.84 Å². The Morgan fingerprint density at radius 2 is 1.69 bits per heavy atom. The molecule has 2 rings (SSSR count). The third kappa shape index (κ3) is 5.62. The molecule has 0 aliphatic heterocycles. The molecule has 2 aromatic rings. The van der Waals surface area contributed by atoms with Crippen LogP contribution in [-0.2, 0) is 15.0 Å². The van der Waals surface area contributed by atoms with E-state index in [1.165, 1.54) is 0 Å². The van der Waals surface area contributed by atoms with Gasteiger partial charge in [0.1, 0.15) is 5.75 Å². The van der Waals surface area contributed by atoms with E-state index >= 15 is 0 Å². The summed E-state index contributed by atoms with van der Waals surface area (Å²) in [4.78, 5) is 23.0. The minimum atomic E-state index is -1.02. The largest absolute Gasteiger partial charge is 0.482 e. The van der Waals surface area contributed by atoms with Gasteiger partial charge in [0.25, 0.3) is 0 Å². The third-order valence-electron chi connectivity index (χ3n) is 4.28. The first-order valence-corrected chi connectivity index (χ1v) is 8.57. The molecule has 0 aliphatic rings. The predicted molar refractivity (Wildman–Crippen MR) is 100 cm³/mol. The molecule has 0 fully saturated rings. The van der Waals surface area contributed by atoms with Crippen molar-refractivity contribution in [2.24, 2.45) is 0 Å². The molecule has 0 aromatic heterocycles. The first-order chi connectivity index (χ1) is 12.3. The van der Waals surface area contributed by atoms with Crippen LogP contribution in [0.25, 0.3) is 0 Å². The lowest BCUT2D eigenvalue weighted by atomic mass is 9.81. The van der Waals surface area contributed by atoms with Gasteiger partial charge in [-0.05, 0) is 35.6 Å². The summed E-state index contributed by atoms with van der Waals surface area (Å²) in [6.45, 7) is 5.66. The first-order valence-electron chi connectivity index (χ1n) is 8.57. The second-order valence-electron chi connectivity index (χ2n) is 6.97. The summed E-state index contributed by atoms with van der Waals surface area (Å²) in [6.07, 6.45) is 0.390. The van der Waals surface area contributed by atoms with E-state index < -0.39 is 5.97 Å². The Hall–Kier alpha value is -2.82. The van der Waals surface area contributed by atoms with Crippen LogP contribution in [0, 0.1) is 0 Å². The average Bonchev–Trinajstić information content (AvgIpc) is 2.60. The molecule has 0 saturated heterocycles. The zero-order chi connectivity index (χ0) is 19.2. The molecular weight excluding hydrogens is 330 g/mol. The Bertz CT molecular complexity index is 738. The maximum atomic E-state index is 12.5. The summed E-state index contributed by atoms with van der Waals surface area (Å²) in [7, 11) is 0. The third-order valence-corrected chi connectivity index (χ3v) is 4.28. The highest BCUT2D eigenvalue weighted by Gasteiger charge is 2.24. The fourth-order valence-corrected chi connectivity index (χ4v) is 2.77. The van der Waals surface area contributed by atoms with Crippen molar-refractivity contribution in [3.8, 4) is 5.75 Å². The summed E-state index contributed by atoms with van der Waals surface area (Å²) in [5.41, 5.74) is 1.81. The minimum absolute atomic E-state index is 0.0162. The molecule has 0 spiro atoms. The summed E-state index contributed by atoms with van der Waals surface area (Å²) >= 11 is 0. The zero-order valence-corrected chi connectivity index (χ0v) is 15.4. The predicted octanol–water partition coefficient (Wildman–Crippen LogP) is 3.70. The van der Waals surface area contributed by atoms with Gasteiger partial charge < -0.3 is 15.2 Å². The Labute approximate surface area is 154 Å². The van der Waals surface area contributed by atoms with Gasteiger partial charge in [-0.15, -0.1) is 0 Å². The number of aliphatic carboxylic acids is 1. The number of carbonyl (C=O) groups is 2. The molecule has 1 atom stereocenters. The molecule has 0 radical (unpaired) electrons. The van der Waals surface area contributed by atoms with Crippen molar-refractivity contribution in [1.29, 1.82) is 0 Å². The van der Waals surface area contributed by atoms with Gasteiger partial charge in [-0.25, -0.2) is 4.79 Å². The van der Waals surface area contributed by atoms with Gasteiger partial charge in [0.15, 0.2) is 6.61 Å². The van der Waals surface area contributed by atoms with Gasteiger partial charge in [-0.2, -0.15) is 0 Å². The van der Waals surface area contributed by atoms with E-state index in [1.807, 2.05) is 49.4 Å². The number of carboxylic acid groups (broad SMARTS) is 1. The summed E-state index contributed by atoms with van der Waals surface area (Å²) in [6, 6.07) is 16.9. The molecule has 5 heteroatoms. The number of nitrogens with one attached hydrogen (secondary N) is 1. The van der Waals surface area contributed by atoms with Crippen LogP contribution in [0.1, 0.15) is 44.4 Å². The van der Waals surface area contributed by atoms with Crippen molar-refractivity contribution >= 4 is 11.9 Å². The molecule has 138 valence electrons. The Morgan fingerprint density at radius 3 is 2.27 bits per heavy atom. The van der Waals surface area contributed by atoms with Gasteiger partial charge >= 0.3 is 5.97 Å². The molecular formula is C21H25NO4. The fourth-order valence-electron chi connectivity index (χ4n) is 2.77. The van der Waals surface area contributed by atoms with Crippen LogP contribution in [-0.4, -0.2) is 23.6 Å². The van der Waals surface area contributed by atoms with Crippen molar-refractivity contribution in [2.45, 2.75) is 38.6 Å². The highest BCUT2D eigenvalue weighted by atomic mass is 16.5. The van der Waals surface area contributed by atoms with E-state index in [2.05, 4.69) is 19.2 Å². The van der Waals surface area contributed by atoms with Crippen molar-refractivity contribution < 1.29 is 19.4 Å². The fraction of sp³-hybridized carbons (Fsp3) is 0.333. The Kier molecular flexibility index (Phi) is 6.39. The quantitative estimate of drug-likeness (QED) is 0.757. The second-order valence-corrected chi connectivity index (χ2v) is 6.97. The SMILES string of the molecule is CC(NC(=O)CC(C)(C)c1ccccc1)c1ccc(OCC(=O)O)cc1.